The van der Waals surface area contributed by atoms with E-state index in [4.69, 9.17) is 28.3 Å². The Morgan fingerprint density at radius 1 is 1.13 bits per heavy atom. The Morgan fingerprint density at radius 3 is 2.65 bits per heavy atom. The standard InChI is InChI=1S/C20H14B3FN4O3/c21-20(22,23)31-13-4-6-17(25-11-13)26-18(29)7-9-28-16-10-12(24)3-5-14(16)27-8-1-2-15(27)19(28)30/h1-6,8,10-11H,7,9H2,(H,25,26,29). The maximum atomic E-state index is 13.9. The minimum atomic E-state index is -1.84. The van der Waals surface area contributed by atoms with Gasteiger partial charge in [0.2, 0.25) is 5.91 Å². The molecular formula is C20H14B3FN4O3. The lowest BCUT2D eigenvalue weighted by molar-refractivity contribution is -0.116. The fourth-order valence-corrected chi connectivity index (χ4v) is 3.29. The molecule has 11 heteroatoms. The van der Waals surface area contributed by atoms with E-state index in [0.29, 0.717) is 16.6 Å². The summed E-state index contributed by atoms with van der Waals surface area (Å²) in [6, 6.07) is 10.6. The first-order valence-corrected chi connectivity index (χ1v) is 9.32. The van der Waals surface area contributed by atoms with Gasteiger partial charge < -0.3 is 19.0 Å². The molecule has 0 saturated carbocycles. The summed E-state index contributed by atoms with van der Waals surface area (Å²) in [4.78, 5) is 29.3. The van der Waals surface area contributed by atoms with E-state index in [1.165, 1.54) is 35.0 Å². The molecule has 1 amide bonds. The number of ether oxygens (including phenoxy) is 1. The molecule has 0 aliphatic heterocycles. The molecule has 1 aromatic carbocycles. The zero-order chi connectivity index (χ0) is 22.2. The van der Waals surface area contributed by atoms with Gasteiger partial charge in [-0.1, -0.05) is 0 Å². The van der Waals surface area contributed by atoms with E-state index in [2.05, 4.69) is 10.3 Å². The molecule has 0 bridgehead atoms. The predicted octanol–water partition coefficient (Wildman–Crippen LogP) is 1.31. The van der Waals surface area contributed by atoms with Crippen molar-refractivity contribution in [2.75, 3.05) is 5.32 Å². The van der Waals surface area contributed by atoms with E-state index in [9.17, 15) is 14.0 Å². The van der Waals surface area contributed by atoms with Crippen LogP contribution in [0.3, 0.4) is 0 Å². The number of carbonyl (C=O) groups is 1. The molecule has 1 N–H and O–H groups in total. The third-order valence-electron chi connectivity index (χ3n) is 4.56. The summed E-state index contributed by atoms with van der Waals surface area (Å²) in [5.74, 6) is -0.358. The van der Waals surface area contributed by atoms with Crippen molar-refractivity contribution in [1.82, 2.24) is 14.0 Å². The van der Waals surface area contributed by atoms with Crippen LogP contribution in [0.15, 0.2) is 59.7 Å². The fraction of sp³-hybridized carbons (Fsp3) is 0.150. The highest BCUT2D eigenvalue weighted by molar-refractivity contribution is 6.58. The summed E-state index contributed by atoms with van der Waals surface area (Å²) in [6.07, 6.45) is 3.01. The van der Waals surface area contributed by atoms with Gasteiger partial charge in [-0.25, -0.2) is 9.37 Å². The van der Waals surface area contributed by atoms with Gasteiger partial charge >= 0.3 is 0 Å². The smallest absolute Gasteiger partial charge is 0.275 e. The van der Waals surface area contributed by atoms with E-state index < -0.39 is 11.1 Å². The molecule has 0 spiro atoms. The zero-order valence-corrected chi connectivity index (χ0v) is 16.3. The number of benzene rings is 1. The Balaban J connectivity index is 1.52. The topological polar surface area (TPSA) is 77.6 Å². The maximum absolute atomic E-state index is 13.9. The fourth-order valence-electron chi connectivity index (χ4n) is 3.29. The first-order valence-electron chi connectivity index (χ1n) is 9.32. The van der Waals surface area contributed by atoms with Crippen molar-refractivity contribution in [1.29, 1.82) is 0 Å². The molecule has 148 valence electrons. The van der Waals surface area contributed by atoms with Gasteiger partial charge in [0.25, 0.3) is 5.56 Å². The molecule has 0 aliphatic carbocycles. The average Bonchev–Trinajstić information content (AvgIpc) is 3.18. The van der Waals surface area contributed by atoms with Crippen LogP contribution in [0.5, 0.6) is 5.75 Å². The first-order chi connectivity index (χ1) is 14.7. The number of fused-ring (bicyclic) bond motifs is 3. The Morgan fingerprint density at radius 2 is 1.94 bits per heavy atom. The van der Waals surface area contributed by atoms with E-state index in [0.717, 1.165) is 0 Å². The van der Waals surface area contributed by atoms with Crippen LogP contribution in [-0.2, 0) is 11.3 Å². The largest absolute Gasteiger partial charge is 0.514 e. The number of aromatic nitrogens is 3. The molecule has 0 saturated heterocycles. The molecule has 6 radical (unpaired) electrons. The van der Waals surface area contributed by atoms with Crippen LogP contribution < -0.4 is 15.6 Å². The summed E-state index contributed by atoms with van der Waals surface area (Å²) in [5.41, 5.74) is 1.18. The van der Waals surface area contributed by atoms with Gasteiger partial charge in [-0.05, 0) is 47.8 Å². The number of nitrogens with zero attached hydrogens (tertiary/aromatic N) is 3. The van der Waals surface area contributed by atoms with Crippen LogP contribution in [0.1, 0.15) is 6.42 Å². The molecule has 7 nitrogen and oxygen atoms in total. The lowest BCUT2D eigenvalue weighted by atomic mass is 9.52. The number of pyridine rings is 1. The minimum absolute atomic E-state index is 0.0279. The molecule has 0 atom stereocenters. The van der Waals surface area contributed by atoms with Crippen LogP contribution in [0, 0.1) is 5.82 Å². The van der Waals surface area contributed by atoms with Crippen LogP contribution in [-0.4, -0.2) is 48.7 Å². The van der Waals surface area contributed by atoms with Gasteiger partial charge in [0.05, 0.1) is 17.2 Å². The molecule has 0 fully saturated rings. The second-order valence-corrected chi connectivity index (χ2v) is 6.99. The van der Waals surface area contributed by atoms with E-state index >= 15 is 0 Å². The number of halogens is 1. The Bertz CT molecular complexity index is 1330. The number of hydrogen-bond donors (Lipinski definition) is 1. The number of aryl methyl sites for hydroxylation is 1. The highest BCUT2D eigenvalue weighted by Crippen LogP contribution is 2.18. The van der Waals surface area contributed by atoms with Gasteiger partial charge in [-0.15, -0.1) is 0 Å². The summed E-state index contributed by atoms with van der Waals surface area (Å²) < 4.78 is 22.0. The minimum Gasteiger partial charge on any atom is -0.514 e. The summed E-state index contributed by atoms with van der Waals surface area (Å²) in [7, 11) is 16.1. The number of amides is 1. The third-order valence-corrected chi connectivity index (χ3v) is 4.56. The van der Waals surface area contributed by atoms with Gasteiger partial charge in [-0.3, -0.25) is 9.59 Å². The van der Waals surface area contributed by atoms with Gasteiger partial charge in [0.15, 0.2) is 0 Å². The second-order valence-electron chi connectivity index (χ2n) is 6.99. The van der Waals surface area contributed by atoms with Crippen molar-refractivity contribution < 1.29 is 13.9 Å². The van der Waals surface area contributed by atoms with Crippen LogP contribution in [0.25, 0.3) is 16.6 Å². The SMILES string of the molecule is [B]C([B])([B])Oc1ccc(NC(=O)CCn2c(=O)c3cccn3c3ccc(F)cc32)nc1. The van der Waals surface area contributed by atoms with E-state index in [1.807, 2.05) is 0 Å². The maximum Gasteiger partial charge on any atom is 0.275 e. The molecule has 4 aromatic rings. The Labute approximate surface area is 180 Å². The average molecular weight is 410 g/mol. The highest BCUT2D eigenvalue weighted by Gasteiger charge is 2.14. The summed E-state index contributed by atoms with van der Waals surface area (Å²) in [5, 5.41) is 0.775. The normalized spacial score (nSPS) is 11.6. The summed E-state index contributed by atoms with van der Waals surface area (Å²) in [6.45, 7) is 0.0591. The number of rotatable bonds is 6. The number of hydrogen-bond acceptors (Lipinski definition) is 4. The number of anilines is 1. The van der Waals surface area contributed by atoms with E-state index in [-0.39, 0.29) is 36.0 Å². The van der Waals surface area contributed by atoms with Crippen molar-refractivity contribution in [3.63, 3.8) is 0 Å². The molecule has 31 heavy (non-hydrogen) atoms. The van der Waals surface area contributed by atoms with Crippen LogP contribution in [0.4, 0.5) is 10.2 Å². The molecule has 0 unspecified atom stereocenters. The van der Waals surface area contributed by atoms with Crippen molar-refractivity contribution in [2.24, 2.45) is 0 Å². The molecule has 3 heterocycles. The molecular weight excluding hydrogens is 396 g/mol. The lowest BCUT2D eigenvalue weighted by Gasteiger charge is -2.22. The quantitative estimate of drug-likeness (QED) is 0.487. The second kappa shape index (κ2) is 7.98. The monoisotopic (exact) mass is 410 g/mol. The zero-order valence-electron chi connectivity index (χ0n) is 16.3. The van der Waals surface area contributed by atoms with Crippen molar-refractivity contribution >= 4 is 51.8 Å². The van der Waals surface area contributed by atoms with E-state index in [1.54, 1.807) is 28.8 Å². The van der Waals surface area contributed by atoms with Crippen molar-refractivity contribution in [3.05, 3.63) is 71.0 Å². The van der Waals surface area contributed by atoms with Gasteiger partial charge in [0, 0.05) is 19.2 Å². The Kier molecular flexibility index (Phi) is 5.35. The third kappa shape index (κ3) is 4.50. The molecule has 0 aliphatic rings. The van der Waals surface area contributed by atoms with Crippen LogP contribution >= 0.6 is 0 Å². The predicted molar refractivity (Wildman–Crippen MR) is 117 cm³/mol. The van der Waals surface area contributed by atoms with Crippen molar-refractivity contribution in [3.8, 4) is 5.75 Å². The molecule has 4 rings (SSSR count). The first kappa shape index (κ1) is 20.8. The van der Waals surface area contributed by atoms with Crippen LogP contribution in [0.2, 0.25) is 0 Å². The highest BCUT2D eigenvalue weighted by atomic mass is 19.1. The Hall–Kier alpha value is -3.49. The molecule has 3 aromatic heterocycles. The lowest BCUT2D eigenvalue weighted by Crippen LogP contribution is -2.37. The number of carbonyl (C=O) groups excluding carboxylic acids is 1. The summed E-state index contributed by atoms with van der Waals surface area (Å²) >= 11 is 0. The van der Waals surface area contributed by atoms with Gasteiger partial charge in [-0.2, -0.15) is 0 Å². The van der Waals surface area contributed by atoms with Gasteiger partial charge in [0.1, 0.15) is 46.4 Å². The number of nitrogens with one attached hydrogen (secondary N) is 1. The van der Waals surface area contributed by atoms with Crippen molar-refractivity contribution in [2.45, 2.75) is 18.3 Å².